The van der Waals surface area contributed by atoms with Crippen molar-refractivity contribution in [1.29, 1.82) is 5.26 Å². The second kappa shape index (κ2) is 4.97. The number of hydrogen-bond acceptors (Lipinski definition) is 3. The van der Waals surface area contributed by atoms with Gasteiger partial charge >= 0.3 is 0 Å². The van der Waals surface area contributed by atoms with Gasteiger partial charge in [0.15, 0.2) is 0 Å². The molecule has 4 heteroatoms. The summed E-state index contributed by atoms with van der Waals surface area (Å²) in [5, 5.41) is 14.4. The van der Waals surface area contributed by atoms with Crippen molar-refractivity contribution in [2.45, 2.75) is 25.7 Å². The van der Waals surface area contributed by atoms with Gasteiger partial charge in [0.2, 0.25) is 5.91 Å². The topological polar surface area (TPSA) is 64.9 Å². The summed E-state index contributed by atoms with van der Waals surface area (Å²) in [6.07, 6.45) is 3.44. The van der Waals surface area contributed by atoms with Crippen molar-refractivity contribution in [3.63, 3.8) is 0 Å². The zero-order chi connectivity index (χ0) is 10.4. The number of amides is 1. The molecule has 1 saturated carbocycles. The number of nitriles is 1. The summed E-state index contributed by atoms with van der Waals surface area (Å²) in [6, 6.07) is 2.21. The van der Waals surface area contributed by atoms with E-state index in [-0.39, 0.29) is 11.3 Å². The maximum atomic E-state index is 10.9. The molecule has 78 valence electrons. The molecule has 0 unspecified atom stereocenters. The fraction of sp³-hybridized carbons (Fsp3) is 0.800. The fourth-order valence-electron chi connectivity index (χ4n) is 1.44. The minimum atomic E-state index is 0.0580. The summed E-state index contributed by atoms with van der Waals surface area (Å²) >= 11 is 0. The van der Waals surface area contributed by atoms with Crippen molar-refractivity contribution in [1.82, 2.24) is 10.6 Å². The molecule has 0 heterocycles. The van der Waals surface area contributed by atoms with Crippen molar-refractivity contribution in [2.24, 2.45) is 5.41 Å². The van der Waals surface area contributed by atoms with E-state index in [9.17, 15) is 4.79 Å². The van der Waals surface area contributed by atoms with E-state index in [4.69, 9.17) is 5.26 Å². The molecule has 0 saturated heterocycles. The molecule has 1 aliphatic rings. The molecule has 0 radical (unpaired) electrons. The highest BCUT2D eigenvalue weighted by Gasteiger charge is 2.41. The highest BCUT2D eigenvalue weighted by Crippen LogP contribution is 2.47. The standard InChI is InChI=1S/C10H17N3O/c1-12-9(14)2-7-13-8-10(3-4-10)5-6-11/h13H,2-5,7-8H2,1H3,(H,12,14). The fourth-order valence-corrected chi connectivity index (χ4v) is 1.44. The lowest BCUT2D eigenvalue weighted by atomic mass is 10.0. The minimum Gasteiger partial charge on any atom is -0.359 e. The van der Waals surface area contributed by atoms with Gasteiger partial charge in [0.1, 0.15) is 0 Å². The molecular weight excluding hydrogens is 178 g/mol. The van der Waals surface area contributed by atoms with Crippen LogP contribution in [-0.2, 0) is 4.79 Å². The van der Waals surface area contributed by atoms with Crippen molar-refractivity contribution in [3.8, 4) is 6.07 Å². The highest BCUT2D eigenvalue weighted by atomic mass is 16.1. The maximum absolute atomic E-state index is 10.9. The van der Waals surface area contributed by atoms with Gasteiger partial charge in [0.25, 0.3) is 0 Å². The Morgan fingerprint density at radius 2 is 2.29 bits per heavy atom. The maximum Gasteiger partial charge on any atom is 0.221 e. The van der Waals surface area contributed by atoms with Gasteiger partial charge in [-0.25, -0.2) is 0 Å². The number of rotatable bonds is 6. The first-order valence-electron chi connectivity index (χ1n) is 5.01. The monoisotopic (exact) mass is 195 g/mol. The van der Waals surface area contributed by atoms with Crippen molar-refractivity contribution in [3.05, 3.63) is 0 Å². The lowest BCUT2D eigenvalue weighted by Crippen LogP contribution is -2.28. The van der Waals surface area contributed by atoms with Gasteiger partial charge in [-0.05, 0) is 18.3 Å². The Morgan fingerprint density at radius 3 is 2.79 bits per heavy atom. The normalized spacial score (nSPS) is 17.1. The van der Waals surface area contributed by atoms with Crippen molar-refractivity contribution in [2.75, 3.05) is 20.1 Å². The van der Waals surface area contributed by atoms with Crippen molar-refractivity contribution >= 4 is 5.91 Å². The van der Waals surface area contributed by atoms with E-state index >= 15 is 0 Å². The second-order valence-electron chi connectivity index (χ2n) is 3.93. The molecule has 4 nitrogen and oxygen atoms in total. The van der Waals surface area contributed by atoms with Crippen LogP contribution in [0.3, 0.4) is 0 Å². The van der Waals surface area contributed by atoms with Gasteiger partial charge in [-0.3, -0.25) is 4.79 Å². The van der Waals surface area contributed by atoms with Gasteiger partial charge in [-0.2, -0.15) is 5.26 Å². The van der Waals surface area contributed by atoms with Crippen LogP contribution in [0.15, 0.2) is 0 Å². The Bertz CT molecular complexity index is 240. The van der Waals surface area contributed by atoms with E-state index in [0.29, 0.717) is 19.4 Å². The van der Waals surface area contributed by atoms with Crippen LogP contribution in [0.4, 0.5) is 0 Å². The van der Waals surface area contributed by atoms with Crippen molar-refractivity contribution < 1.29 is 4.79 Å². The molecule has 1 fully saturated rings. The third-order valence-corrected chi connectivity index (χ3v) is 2.72. The van der Waals surface area contributed by atoms with Gasteiger partial charge in [-0.1, -0.05) is 0 Å². The number of nitrogens with one attached hydrogen (secondary N) is 2. The molecule has 1 amide bonds. The van der Waals surface area contributed by atoms with Crippen LogP contribution in [0.5, 0.6) is 0 Å². The van der Waals surface area contributed by atoms with Crippen LogP contribution in [0.25, 0.3) is 0 Å². The summed E-state index contributed by atoms with van der Waals surface area (Å²) in [7, 11) is 1.64. The average molecular weight is 195 g/mol. The van der Waals surface area contributed by atoms with Gasteiger partial charge in [0.05, 0.1) is 6.07 Å². The summed E-state index contributed by atoms with van der Waals surface area (Å²) in [4.78, 5) is 10.9. The Morgan fingerprint density at radius 1 is 1.57 bits per heavy atom. The predicted molar refractivity (Wildman–Crippen MR) is 53.5 cm³/mol. The first-order valence-corrected chi connectivity index (χ1v) is 5.01. The Balaban J connectivity index is 2.05. The largest absolute Gasteiger partial charge is 0.359 e. The van der Waals surface area contributed by atoms with Crippen LogP contribution in [0.1, 0.15) is 25.7 Å². The third-order valence-electron chi connectivity index (χ3n) is 2.72. The molecule has 14 heavy (non-hydrogen) atoms. The van der Waals surface area contributed by atoms with Crippen LogP contribution < -0.4 is 10.6 Å². The Hall–Kier alpha value is -1.08. The Kier molecular flexibility index (Phi) is 3.90. The molecule has 2 N–H and O–H groups in total. The van der Waals surface area contributed by atoms with Crippen LogP contribution in [-0.4, -0.2) is 26.0 Å². The van der Waals surface area contributed by atoms with E-state index in [1.54, 1.807) is 7.05 Å². The Labute approximate surface area is 84.7 Å². The minimum absolute atomic E-state index is 0.0580. The third kappa shape index (κ3) is 3.35. The summed E-state index contributed by atoms with van der Waals surface area (Å²) in [6.45, 7) is 1.57. The summed E-state index contributed by atoms with van der Waals surface area (Å²) in [5.41, 5.74) is 0.234. The molecule has 0 aromatic heterocycles. The smallest absolute Gasteiger partial charge is 0.221 e. The first kappa shape index (κ1) is 11.0. The molecule has 0 aromatic carbocycles. The molecule has 0 spiro atoms. The van der Waals surface area contributed by atoms with Crippen LogP contribution >= 0.6 is 0 Å². The lowest BCUT2D eigenvalue weighted by molar-refractivity contribution is -0.120. The lowest BCUT2D eigenvalue weighted by Gasteiger charge is -2.11. The second-order valence-corrected chi connectivity index (χ2v) is 3.93. The number of hydrogen-bond donors (Lipinski definition) is 2. The molecule has 1 rings (SSSR count). The predicted octanol–water partition coefficient (Wildman–Crippen LogP) is 0.406. The zero-order valence-corrected chi connectivity index (χ0v) is 8.60. The summed E-state index contributed by atoms with van der Waals surface area (Å²) in [5.74, 6) is 0.0580. The molecule has 0 bridgehead atoms. The SMILES string of the molecule is CNC(=O)CCNCC1(CC#N)CC1. The number of carbonyl (C=O) groups is 1. The molecule has 0 aliphatic heterocycles. The highest BCUT2D eigenvalue weighted by molar-refractivity contribution is 5.75. The quantitative estimate of drug-likeness (QED) is 0.603. The van der Waals surface area contributed by atoms with E-state index in [1.807, 2.05) is 0 Å². The zero-order valence-electron chi connectivity index (χ0n) is 8.60. The van der Waals surface area contributed by atoms with E-state index < -0.39 is 0 Å². The number of nitrogens with zero attached hydrogens (tertiary/aromatic N) is 1. The average Bonchev–Trinajstić information content (AvgIpc) is 2.93. The van der Waals surface area contributed by atoms with Gasteiger partial charge < -0.3 is 10.6 Å². The van der Waals surface area contributed by atoms with E-state index in [0.717, 1.165) is 19.4 Å². The van der Waals surface area contributed by atoms with E-state index in [1.165, 1.54) is 0 Å². The van der Waals surface area contributed by atoms with Gasteiger partial charge in [-0.15, -0.1) is 0 Å². The molecule has 1 aliphatic carbocycles. The van der Waals surface area contributed by atoms with E-state index in [2.05, 4.69) is 16.7 Å². The first-order chi connectivity index (χ1) is 6.72. The van der Waals surface area contributed by atoms with Gasteiger partial charge in [0, 0.05) is 33.0 Å². The number of carbonyl (C=O) groups excluding carboxylic acids is 1. The molecular formula is C10H17N3O. The molecule has 0 atom stereocenters. The molecule has 0 aromatic rings. The summed E-state index contributed by atoms with van der Waals surface area (Å²) < 4.78 is 0. The van der Waals surface area contributed by atoms with Crippen LogP contribution in [0, 0.1) is 16.7 Å². The van der Waals surface area contributed by atoms with Crippen LogP contribution in [0.2, 0.25) is 0 Å².